The van der Waals surface area contributed by atoms with Gasteiger partial charge < -0.3 is 9.47 Å². The maximum atomic E-state index is 6.70. The average molecular weight is 393 g/mol. The van der Waals surface area contributed by atoms with Gasteiger partial charge in [-0.3, -0.25) is 0 Å². The molecule has 0 aliphatic carbocycles. The van der Waals surface area contributed by atoms with Crippen LogP contribution in [0.15, 0.2) is 91.0 Å². The first-order valence-electron chi connectivity index (χ1n) is 10.6. The molecule has 2 aliphatic rings. The van der Waals surface area contributed by atoms with Crippen LogP contribution in [0.2, 0.25) is 0 Å². The highest BCUT2D eigenvalue weighted by Gasteiger charge is 2.46. The van der Waals surface area contributed by atoms with Gasteiger partial charge in [0.05, 0.1) is 6.04 Å². The number of para-hydroxylation sites is 1. The van der Waals surface area contributed by atoms with Gasteiger partial charge in [0.25, 0.3) is 0 Å². The van der Waals surface area contributed by atoms with Gasteiger partial charge in [0, 0.05) is 11.1 Å². The van der Waals surface area contributed by atoms with Crippen molar-refractivity contribution in [1.82, 2.24) is 4.90 Å². The van der Waals surface area contributed by atoms with Gasteiger partial charge in [0.15, 0.2) is 12.5 Å². The van der Waals surface area contributed by atoms with Crippen molar-refractivity contribution in [3.63, 3.8) is 0 Å². The molecule has 2 aliphatic heterocycles. The SMILES string of the molecule is CC[C@H]1Oc2ccccc2[C@H]2Oc3ccc4ccccc4c3[C@H](c3ccccc3)N21. The minimum absolute atomic E-state index is 0.0457. The van der Waals surface area contributed by atoms with E-state index in [0.29, 0.717) is 0 Å². The number of benzene rings is 4. The lowest BCUT2D eigenvalue weighted by atomic mass is 9.88. The molecule has 0 radical (unpaired) electrons. The second-order valence-electron chi connectivity index (χ2n) is 7.95. The number of ether oxygens (including phenoxy) is 2. The van der Waals surface area contributed by atoms with E-state index in [0.717, 1.165) is 23.5 Å². The molecule has 0 saturated heterocycles. The summed E-state index contributed by atoms with van der Waals surface area (Å²) in [5, 5.41) is 2.46. The number of hydrogen-bond donors (Lipinski definition) is 0. The molecule has 4 aromatic rings. The third-order valence-electron chi connectivity index (χ3n) is 6.26. The van der Waals surface area contributed by atoms with Crippen LogP contribution in [0.3, 0.4) is 0 Å². The van der Waals surface area contributed by atoms with Crippen molar-refractivity contribution in [3.8, 4) is 11.5 Å². The summed E-state index contributed by atoms with van der Waals surface area (Å²) < 4.78 is 13.2. The van der Waals surface area contributed by atoms with Gasteiger partial charge >= 0.3 is 0 Å². The zero-order valence-corrected chi connectivity index (χ0v) is 16.9. The third kappa shape index (κ3) is 2.55. The lowest BCUT2D eigenvalue weighted by Gasteiger charge is -2.49. The Hall–Kier alpha value is -3.30. The van der Waals surface area contributed by atoms with E-state index in [2.05, 4.69) is 90.7 Å². The summed E-state index contributed by atoms with van der Waals surface area (Å²) in [5.74, 6) is 1.87. The van der Waals surface area contributed by atoms with Crippen molar-refractivity contribution in [2.75, 3.05) is 0 Å². The van der Waals surface area contributed by atoms with E-state index in [1.54, 1.807) is 0 Å². The minimum atomic E-state index is -0.182. The summed E-state index contributed by atoms with van der Waals surface area (Å²) >= 11 is 0. The molecule has 30 heavy (non-hydrogen) atoms. The Bertz CT molecular complexity index is 1220. The standard InChI is InChI=1S/C27H23NO2/c1-2-24-28-26(19-11-4-3-5-12-19)25-20-13-7-6-10-18(20)16-17-23(25)30-27(28)21-14-8-9-15-22(21)29-24/h3-17,24,26-27H,2H2,1H3/t24-,26+,27-/m1/s1. The van der Waals surface area contributed by atoms with Gasteiger partial charge in [0.2, 0.25) is 0 Å². The van der Waals surface area contributed by atoms with Crippen molar-refractivity contribution in [3.05, 3.63) is 108 Å². The summed E-state index contributed by atoms with van der Waals surface area (Å²) in [4.78, 5) is 2.41. The molecule has 4 aromatic carbocycles. The van der Waals surface area contributed by atoms with Crippen molar-refractivity contribution >= 4 is 10.8 Å². The van der Waals surface area contributed by atoms with Gasteiger partial charge in [-0.05, 0) is 34.9 Å². The van der Waals surface area contributed by atoms with E-state index < -0.39 is 0 Å². The Morgan fingerprint density at radius 2 is 1.50 bits per heavy atom. The normalized spacial score (nSPS) is 22.4. The highest BCUT2D eigenvalue weighted by molar-refractivity contribution is 5.89. The van der Waals surface area contributed by atoms with E-state index in [4.69, 9.17) is 9.47 Å². The molecule has 0 amide bonds. The Labute approximate surface area is 176 Å². The van der Waals surface area contributed by atoms with Gasteiger partial charge in [0.1, 0.15) is 11.5 Å². The highest BCUT2D eigenvalue weighted by Crippen LogP contribution is 2.52. The molecule has 0 unspecified atom stereocenters. The maximum absolute atomic E-state index is 6.70. The smallest absolute Gasteiger partial charge is 0.186 e. The quantitative estimate of drug-likeness (QED) is 0.391. The van der Waals surface area contributed by atoms with E-state index >= 15 is 0 Å². The minimum Gasteiger partial charge on any atom is -0.474 e. The van der Waals surface area contributed by atoms with Crippen molar-refractivity contribution in [2.24, 2.45) is 0 Å². The van der Waals surface area contributed by atoms with Crippen molar-refractivity contribution < 1.29 is 9.47 Å². The van der Waals surface area contributed by atoms with Crippen LogP contribution in [0, 0.1) is 0 Å². The van der Waals surface area contributed by atoms with Crippen LogP contribution < -0.4 is 9.47 Å². The molecule has 2 heterocycles. The molecule has 0 N–H and O–H groups in total. The molecule has 0 bridgehead atoms. The molecular formula is C27H23NO2. The average Bonchev–Trinajstić information content (AvgIpc) is 2.82. The second-order valence-corrected chi connectivity index (χ2v) is 7.95. The summed E-state index contributed by atoms with van der Waals surface area (Å²) in [6.07, 6.45) is 0.624. The summed E-state index contributed by atoms with van der Waals surface area (Å²) in [7, 11) is 0. The molecule has 148 valence electrons. The maximum Gasteiger partial charge on any atom is 0.186 e. The van der Waals surface area contributed by atoms with E-state index in [1.165, 1.54) is 21.9 Å². The number of fused-ring (bicyclic) bond motifs is 6. The van der Waals surface area contributed by atoms with Crippen LogP contribution in [0.4, 0.5) is 0 Å². The largest absolute Gasteiger partial charge is 0.474 e. The fraction of sp³-hybridized carbons (Fsp3) is 0.185. The second kappa shape index (κ2) is 6.89. The zero-order chi connectivity index (χ0) is 20.1. The van der Waals surface area contributed by atoms with Crippen LogP contribution in [0.1, 0.15) is 42.3 Å². The topological polar surface area (TPSA) is 21.7 Å². The molecule has 0 spiro atoms. The number of nitrogens with zero attached hydrogens (tertiary/aromatic N) is 1. The van der Waals surface area contributed by atoms with Crippen LogP contribution in [0.25, 0.3) is 10.8 Å². The van der Waals surface area contributed by atoms with Gasteiger partial charge in [-0.2, -0.15) is 0 Å². The lowest BCUT2D eigenvalue weighted by Crippen LogP contribution is -2.51. The van der Waals surface area contributed by atoms with Gasteiger partial charge in [-0.15, -0.1) is 0 Å². The van der Waals surface area contributed by atoms with E-state index in [-0.39, 0.29) is 18.5 Å². The van der Waals surface area contributed by atoms with Gasteiger partial charge in [-0.1, -0.05) is 85.8 Å². The summed E-state index contributed by atoms with van der Waals surface area (Å²) in [5.41, 5.74) is 3.56. The first-order valence-corrected chi connectivity index (χ1v) is 10.6. The zero-order valence-electron chi connectivity index (χ0n) is 16.9. The van der Waals surface area contributed by atoms with Crippen molar-refractivity contribution in [2.45, 2.75) is 31.8 Å². The first-order chi connectivity index (χ1) is 14.8. The van der Waals surface area contributed by atoms with Crippen LogP contribution in [-0.4, -0.2) is 11.1 Å². The summed E-state index contributed by atoms with van der Waals surface area (Å²) in [6.45, 7) is 2.18. The molecule has 0 saturated carbocycles. The lowest BCUT2D eigenvalue weighted by molar-refractivity contribution is -0.130. The van der Waals surface area contributed by atoms with Crippen LogP contribution >= 0.6 is 0 Å². The Morgan fingerprint density at radius 1 is 0.733 bits per heavy atom. The first kappa shape index (κ1) is 17.5. The van der Waals surface area contributed by atoms with Crippen LogP contribution in [-0.2, 0) is 0 Å². The molecule has 3 atom stereocenters. The van der Waals surface area contributed by atoms with Gasteiger partial charge in [-0.25, -0.2) is 4.90 Å². The fourth-order valence-corrected chi connectivity index (χ4v) is 4.93. The number of hydrogen-bond acceptors (Lipinski definition) is 3. The molecule has 3 heteroatoms. The van der Waals surface area contributed by atoms with E-state index in [9.17, 15) is 0 Å². The monoisotopic (exact) mass is 393 g/mol. The fourth-order valence-electron chi connectivity index (χ4n) is 4.93. The summed E-state index contributed by atoms with van der Waals surface area (Å²) in [6, 6.07) is 31.9. The Morgan fingerprint density at radius 3 is 2.37 bits per heavy atom. The Kier molecular flexibility index (Phi) is 4.03. The highest BCUT2D eigenvalue weighted by atomic mass is 16.5. The predicted molar refractivity (Wildman–Crippen MR) is 119 cm³/mol. The molecule has 0 aromatic heterocycles. The molecule has 3 nitrogen and oxygen atoms in total. The third-order valence-corrected chi connectivity index (χ3v) is 6.26. The number of rotatable bonds is 2. The van der Waals surface area contributed by atoms with Crippen LogP contribution in [0.5, 0.6) is 11.5 Å². The van der Waals surface area contributed by atoms with Crippen molar-refractivity contribution in [1.29, 1.82) is 0 Å². The Balaban J connectivity index is 1.65. The molecule has 6 rings (SSSR count). The molecule has 0 fully saturated rings. The predicted octanol–water partition coefficient (Wildman–Crippen LogP) is 6.45. The van der Waals surface area contributed by atoms with E-state index in [1.807, 2.05) is 12.1 Å². The molecular weight excluding hydrogens is 370 g/mol.